The number of H-pyrrole nitrogens is 1. The quantitative estimate of drug-likeness (QED) is 0.583. The van der Waals surface area contributed by atoms with Gasteiger partial charge in [-0.05, 0) is 109 Å². The first-order valence-corrected chi connectivity index (χ1v) is 11.5. The summed E-state index contributed by atoms with van der Waals surface area (Å²) in [5.41, 5.74) is 5.35. The minimum absolute atomic E-state index is 0.694. The third kappa shape index (κ3) is 6.91. The topological polar surface area (TPSA) is 53.0 Å². The molecule has 6 heteroatoms. The van der Waals surface area contributed by atoms with Crippen molar-refractivity contribution in [3.05, 3.63) is 47.5 Å². The first kappa shape index (κ1) is 23.5. The minimum atomic E-state index is 0.694. The Kier molecular flexibility index (Phi) is 7.89. The van der Waals surface area contributed by atoms with Crippen LogP contribution in [0.5, 0.6) is 0 Å². The summed E-state index contributed by atoms with van der Waals surface area (Å²) in [7, 11) is 6.44. The third-order valence-corrected chi connectivity index (χ3v) is 6.49. The number of hydrogen-bond donors (Lipinski definition) is 1. The second-order valence-electron chi connectivity index (χ2n) is 9.68. The fourth-order valence-corrected chi connectivity index (χ4v) is 4.75. The molecule has 1 spiro atoms. The zero-order chi connectivity index (χ0) is 22.4. The minimum Gasteiger partial charge on any atom is -0.342 e. The van der Waals surface area contributed by atoms with Crippen molar-refractivity contribution < 1.29 is 0 Å². The van der Waals surface area contributed by atoms with Crippen molar-refractivity contribution in [3.63, 3.8) is 0 Å². The molecule has 1 aromatic carbocycles. The van der Waals surface area contributed by atoms with Crippen molar-refractivity contribution in [1.82, 2.24) is 29.5 Å². The van der Waals surface area contributed by atoms with Gasteiger partial charge in [0.05, 0.1) is 17.2 Å². The number of aromatic nitrogens is 4. The number of nitrogens with one attached hydrogen (secondary N) is 1. The molecule has 4 heterocycles. The number of hydrogen-bond acceptors (Lipinski definition) is 4. The Bertz CT molecular complexity index is 931. The number of likely N-dealkylation sites (tertiary alicyclic amines) is 2. The van der Waals surface area contributed by atoms with E-state index in [2.05, 4.69) is 58.0 Å². The standard InChI is InChI=1S/C11H22N2.C9H10N2.C5H8N2/c1-12-8-5-11(6-9-12)4-3-7-13(2)10-11;1-6-3-4-8-9(5-6)11-7(2)10-8;1-5-3-6-7(2)4-5/h3-10H2,1-2H3;3-5H,1-2H3,(H,10,11);3-4H,1-2H3. The average Bonchev–Trinajstić information content (AvgIpc) is 3.28. The van der Waals surface area contributed by atoms with E-state index in [0.717, 1.165) is 16.9 Å². The fourth-order valence-electron chi connectivity index (χ4n) is 4.75. The lowest BCUT2D eigenvalue weighted by Crippen LogP contribution is -2.47. The molecule has 0 aliphatic carbocycles. The molecule has 0 saturated carbocycles. The predicted molar refractivity (Wildman–Crippen MR) is 129 cm³/mol. The molecule has 2 aromatic heterocycles. The van der Waals surface area contributed by atoms with Crippen molar-refractivity contribution in [2.45, 2.75) is 46.5 Å². The number of fused-ring (bicyclic) bond motifs is 1. The van der Waals surface area contributed by atoms with Gasteiger partial charge in [0.25, 0.3) is 0 Å². The molecular weight excluding hydrogens is 384 g/mol. The third-order valence-electron chi connectivity index (χ3n) is 6.49. The molecule has 2 aliphatic heterocycles. The molecule has 2 fully saturated rings. The van der Waals surface area contributed by atoms with Crippen molar-refractivity contribution >= 4 is 11.0 Å². The highest BCUT2D eigenvalue weighted by Gasteiger charge is 2.36. The molecular formula is C25H40N6. The second-order valence-corrected chi connectivity index (χ2v) is 9.68. The number of aryl methyl sites for hydroxylation is 4. The van der Waals surface area contributed by atoms with Crippen molar-refractivity contribution in [1.29, 1.82) is 0 Å². The molecule has 0 radical (unpaired) electrons. The maximum atomic E-state index is 4.30. The van der Waals surface area contributed by atoms with Crippen LogP contribution in [0.3, 0.4) is 0 Å². The van der Waals surface area contributed by atoms with Gasteiger partial charge in [0.15, 0.2) is 0 Å². The molecule has 31 heavy (non-hydrogen) atoms. The van der Waals surface area contributed by atoms with E-state index in [1.54, 1.807) is 4.68 Å². The van der Waals surface area contributed by atoms with Crippen molar-refractivity contribution in [2.75, 3.05) is 40.3 Å². The number of benzene rings is 1. The van der Waals surface area contributed by atoms with Crippen LogP contribution >= 0.6 is 0 Å². The smallest absolute Gasteiger partial charge is 0.104 e. The van der Waals surface area contributed by atoms with E-state index >= 15 is 0 Å². The molecule has 170 valence electrons. The van der Waals surface area contributed by atoms with Crippen LogP contribution in [0, 0.1) is 26.2 Å². The van der Waals surface area contributed by atoms with Crippen molar-refractivity contribution in [3.8, 4) is 0 Å². The van der Waals surface area contributed by atoms with Crippen LogP contribution in [0.1, 0.15) is 42.6 Å². The summed E-state index contributed by atoms with van der Waals surface area (Å²) in [4.78, 5) is 12.5. The van der Waals surface area contributed by atoms with Gasteiger partial charge in [-0.3, -0.25) is 4.68 Å². The van der Waals surface area contributed by atoms with Gasteiger partial charge in [-0.25, -0.2) is 4.98 Å². The number of rotatable bonds is 0. The lowest BCUT2D eigenvalue weighted by Gasteiger charge is -2.46. The highest BCUT2D eigenvalue weighted by Crippen LogP contribution is 2.38. The summed E-state index contributed by atoms with van der Waals surface area (Å²) in [6, 6.07) is 6.21. The SMILES string of the molecule is CN1CCC2(CCCN(C)C2)CC1.Cc1ccc2nc(C)[nH]c2c1.Cc1cnn(C)c1. The highest BCUT2D eigenvalue weighted by atomic mass is 15.2. The van der Waals surface area contributed by atoms with Crippen LogP contribution < -0.4 is 0 Å². The Labute approximate surface area is 187 Å². The summed E-state index contributed by atoms with van der Waals surface area (Å²) < 4.78 is 1.79. The summed E-state index contributed by atoms with van der Waals surface area (Å²) in [5.74, 6) is 0.977. The maximum absolute atomic E-state index is 4.30. The monoisotopic (exact) mass is 424 g/mol. The zero-order valence-electron chi connectivity index (χ0n) is 20.3. The molecule has 6 nitrogen and oxygen atoms in total. The maximum Gasteiger partial charge on any atom is 0.104 e. The van der Waals surface area contributed by atoms with Crippen LogP contribution in [-0.4, -0.2) is 69.8 Å². The van der Waals surface area contributed by atoms with Gasteiger partial charge in [0, 0.05) is 19.8 Å². The first-order valence-electron chi connectivity index (χ1n) is 11.5. The van der Waals surface area contributed by atoms with E-state index in [-0.39, 0.29) is 0 Å². The number of imidazole rings is 1. The van der Waals surface area contributed by atoms with Gasteiger partial charge in [-0.1, -0.05) is 6.07 Å². The molecule has 0 bridgehead atoms. The highest BCUT2D eigenvalue weighted by molar-refractivity contribution is 5.75. The van der Waals surface area contributed by atoms with Gasteiger partial charge >= 0.3 is 0 Å². The Hall–Kier alpha value is -2.18. The summed E-state index contributed by atoms with van der Waals surface area (Å²) in [5, 5.41) is 3.93. The van der Waals surface area contributed by atoms with Crippen molar-refractivity contribution in [2.24, 2.45) is 12.5 Å². The Balaban J connectivity index is 0.000000138. The molecule has 5 rings (SSSR count). The van der Waals surface area contributed by atoms with Crippen LogP contribution in [0.4, 0.5) is 0 Å². The normalized spacial score (nSPS) is 18.9. The van der Waals surface area contributed by atoms with Gasteiger partial charge in [0.2, 0.25) is 0 Å². The van der Waals surface area contributed by atoms with Gasteiger partial charge < -0.3 is 14.8 Å². The van der Waals surface area contributed by atoms with E-state index in [4.69, 9.17) is 0 Å². The molecule has 0 atom stereocenters. The van der Waals surface area contributed by atoms with E-state index in [0.29, 0.717) is 5.41 Å². The molecule has 3 aromatic rings. The fraction of sp³-hybridized carbons (Fsp3) is 0.600. The molecule has 0 unspecified atom stereocenters. The van der Waals surface area contributed by atoms with E-state index in [9.17, 15) is 0 Å². The number of piperidine rings is 2. The second kappa shape index (κ2) is 10.4. The Morgan fingerprint density at radius 3 is 2.23 bits per heavy atom. The Morgan fingerprint density at radius 1 is 0.903 bits per heavy atom. The largest absolute Gasteiger partial charge is 0.342 e. The van der Waals surface area contributed by atoms with E-state index in [1.807, 2.05) is 39.4 Å². The summed E-state index contributed by atoms with van der Waals surface area (Å²) in [6.07, 6.45) is 9.55. The zero-order valence-corrected chi connectivity index (χ0v) is 20.3. The van der Waals surface area contributed by atoms with E-state index in [1.165, 1.54) is 63.0 Å². The molecule has 2 aliphatic rings. The molecule has 1 N–H and O–H groups in total. The van der Waals surface area contributed by atoms with Gasteiger partial charge in [-0.2, -0.15) is 5.10 Å². The summed E-state index contributed by atoms with van der Waals surface area (Å²) >= 11 is 0. The lowest BCUT2D eigenvalue weighted by atomic mass is 9.73. The van der Waals surface area contributed by atoms with E-state index < -0.39 is 0 Å². The number of nitrogens with zero attached hydrogens (tertiary/aromatic N) is 5. The van der Waals surface area contributed by atoms with Gasteiger partial charge in [0.1, 0.15) is 5.82 Å². The van der Waals surface area contributed by atoms with Gasteiger partial charge in [-0.15, -0.1) is 0 Å². The Morgan fingerprint density at radius 2 is 1.65 bits per heavy atom. The molecule has 2 saturated heterocycles. The van der Waals surface area contributed by atoms with Crippen LogP contribution in [0.25, 0.3) is 11.0 Å². The average molecular weight is 425 g/mol. The summed E-state index contributed by atoms with van der Waals surface area (Å²) in [6.45, 7) is 11.4. The van der Waals surface area contributed by atoms with Crippen LogP contribution in [0.15, 0.2) is 30.6 Å². The lowest BCUT2D eigenvalue weighted by molar-refractivity contribution is 0.0425. The predicted octanol–water partition coefficient (Wildman–Crippen LogP) is 4.33. The molecule has 0 amide bonds. The number of aromatic amines is 1. The van der Waals surface area contributed by atoms with Crippen LogP contribution in [-0.2, 0) is 7.05 Å². The first-order chi connectivity index (χ1) is 14.7. The van der Waals surface area contributed by atoms with Crippen LogP contribution in [0.2, 0.25) is 0 Å².